The second kappa shape index (κ2) is 7.36. The SMILES string of the molecule is CCNC(CO)(CN1CCN(C)CC1C)c1ccccc1. The topological polar surface area (TPSA) is 38.7 Å². The highest BCUT2D eigenvalue weighted by atomic mass is 16.3. The van der Waals surface area contributed by atoms with Gasteiger partial charge in [-0.05, 0) is 26.1 Å². The highest BCUT2D eigenvalue weighted by molar-refractivity contribution is 5.25. The van der Waals surface area contributed by atoms with E-state index in [9.17, 15) is 5.11 Å². The predicted octanol–water partition coefficient (Wildman–Crippen LogP) is 1.12. The number of aliphatic hydroxyl groups is 1. The lowest BCUT2D eigenvalue weighted by Gasteiger charge is -2.44. The van der Waals surface area contributed by atoms with Gasteiger partial charge in [-0.3, -0.25) is 4.90 Å². The van der Waals surface area contributed by atoms with Crippen LogP contribution in [0.5, 0.6) is 0 Å². The van der Waals surface area contributed by atoms with Crippen LogP contribution >= 0.6 is 0 Å². The minimum absolute atomic E-state index is 0.115. The van der Waals surface area contributed by atoms with Crippen LogP contribution in [0.4, 0.5) is 0 Å². The van der Waals surface area contributed by atoms with E-state index in [-0.39, 0.29) is 12.1 Å². The van der Waals surface area contributed by atoms with Crippen molar-refractivity contribution < 1.29 is 5.11 Å². The molecule has 2 atom stereocenters. The minimum Gasteiger partial charge on any atom is -0.394 e. The number of hydrogen-bond acceptors (Lipinski definition) is 4. The molecular formula is C17H29N3O. The van der Waals surface area contributed by atoms with Crippen LogP contribution < -0.4 is 5.32 Å². The van der Waals surface area contributed by atoms with Crippen LogP contribution in [-0.4, -0.2) is 67.3 Å². The molecule has 1 aliphatic rings. The van der Waals surface area contributed by atoms with Crippen molar-refractivity contribution in [3.63, 3.8) is 0 Å². The summed E-state index contributed by atoms with van der Waals surface area (Å²) in [6.45, 7) is 9.40. The molecule has 21 heavy (non-hydrogen) atoms. The lowest BCUT2D eigenvalue weighted by molar-refractivity contribution is 0.0460. The number of likely N-dealkylation sites (N-methyl/N-ethyl adjacent to an activating group) is 2. The number of piperazine rings is 1. The first kappa shape index (κ1) is 16.4. The maximum Gasteiger partial charge on any atom is 0.0797 e. The number of benzene rings is 1. The summed E-state index contributed by atoms with van der Waals surface area (Å²) in [6, 6.07) is 10.8. The molecule has 0 amide bonds. The van der Waals surface area contributed by atoms with Crippen molar-refractivity contribution in [1.82, 2.24) is 15.1 Å². The molecule has 1 saturated heterocycles. The van der Waals surface area contributed by atoms with E-state index in [0.29, 0.717) is 6.04 Å². The van der Waals surface area contributed by atoms with Crippen molar-refractivity contribution in [2.24, 2.45) is 0 Å². The molecule has 1 heterocycles. The molecule has 0 spiro atoms. The average molecular weight is 291 g/mol. The van der Waals surface area contributed by atoms with Gasteiger partial charge in [0.1, 0.15) is 0 Å². The second-order valence-electron chi connectivity index (χ2n) is 6.22. The molecule has 0 bridgehead atoms. The van der Waals surface area contributed by atoms with Gasteiger partial charge >= 0.3 is 0 Å². The number of nitrogens with zero attached hydrogens (tertiary/aromatic N) is 2. The number of nitrogens with one attached hydrogen (secondary N) is 1. The molecule has 4 heteroatoms. The Morgan fingerprint density at radius 2 is 2.00 bits per heavy atom. The van der Waals surface area contributed by atoms with Gasteiger partial charge in [-0.15, -0.1) is 0 Å². The lowest BCUT2D eigenvalue weighted by atomic mass is 9.89. The average Bonchev–Trinajstić information content (AvgIpc) is 2.50. The predicted molar refractivity (Wildman–Crippen MR) is 87.4 cm³/mol. The first-order valence-corrected chi connectivity index (χ1v) is 7.95. The van der Waals surface area contributed by atoms with E-state index < -0.39 is 0 Å². The molecule has 1 fully saturated rings. The molecule has 118 valence electrons. The lowest BCUT2D eigenvalue weighted by Crippen LogP contribution is -2.59. The van der Waals surface area contributed by atoms with Gasteiger partial charge in [-0.2, -0.15) is 0 Å². The molecule has 2 N–H and O–H groups in total. The van der Waals surface area contributed by atoms with Gasteiger partial charge in [0.05, 0.1) is 12.1 Å². The molecule has 1 aromatic carbocycles. The van der Waals surface area contributed by atoms with E-state index in [0.717, 1.165) is 32.7 Å². The normalized spacial score (nSPS) is 23.9. The van der Waals surface area contributed by atoms with Crippen molar-refractivity contribution in [2.75, 3.05) is 46.4 Å². The summed E-state index contributed by atoms with van der Waals surface area (Å²) in [5.41, 5.74) is 0.792. The molecule has 2 rings (SSSR count). The molecule has 4 nitrogen and oxygen atoms in total. The quantitative estimate of drug-likeness (QED) is 0.824. The highest BCUT2D eigenvalue weighted by Gasteiger charge is 2.35. The van der Waals surface area contributed by atoms with Crippen LogP contribution in [-0.2, 0) is 5.54 Å². The number of rotatable bonds is 6. The van der Waals surface area contributed by atoms with Crippen LogP contribution in [0, 0.1) is 0 Å². The molecule has 0 radical (unpaired) electrons. The molecule has 0 saturated carbocycles. The van der Waals surface area contributed by atoms with Gasteiger partial charge in [0.25, 0.3) is 0 Å². The van der Waals surface area contributed by atoms with Crippen molar-refractivity contribution in [3.05, 3.63) is 35.9 Å². The van der Waals surface area contributed by atoms with Crippen LogP contribution in [0.1, 0.15) is 19.4 Å². The maximum atomic E-state index is 10.1. The molecule has 1 aliphatic heterocycles. The first-order valence-electron chi connectivity index (χ1n) is 7.95. The monoisotopic (exact) mass is 291 g/mol. The molecular weight excluding hydrogens is 262 g/mol. The fourth-order valence-electron chi connectivity index (χ4n) is 3.30. The summed E-state index contributed by atoms with van der Waals surface area (Å²) in [4.78, 5) is 4.86. The largest absolute Gasteiger partial charge is 0.394 e. The highest BCUT2D eigenvalue weighted by Crippen LogP contribution is 2.24. The molecule has 0 aromatic heterocycles. The fourth-order valence-corrected chi connectivity index (χ4v) is 3.30. The maximum absolute atomic E-state index is 10.1. The van der Waals surface area contributed by atoms with Crippen molar-refractivity contribution in [2.45, 2.75) is 25.4 Å². The number of hydrogen-bond donors (Lipinski definition) is 2. The Bertz CT molecular complexity index is 425. The van der Waals surface area contributed by atoms with Crippen LogP contribution in [0.15, 0.2) is 30.3 Å². The van der Waals surface area contributed by atoms with Gasteiger partial charge in [-0.1, -0.05) is 37.3 Å². The Morgan fingerprint density at radius 1 is 1.29 bits per heavy atom. The van der Waals surface area contributed by atoms with Crippen molar-refractivity contribution >= 4 is 0 Å². The van der Waals surface area contributed by atoms with E-state index in [2.05, 4.69) is 48.1 Å². The third kappa shape index (κ3) is 3.83. The van der Waals surface area contributed by atoms with Gasteiger partial charge in [0.15, 0.2) is 0 Å². The molecule has 0 aliphatic carbocycles. The number of aliphatic hydroxyl groups excluding tert-OH is 1. The van der Waals surface area contributed by atoms with Gasteiger partial charge in [-0.25, -0.2) is 0 Å². The van der Waals surface area contributed by atoms with E-state index in [4.69, 9.17) is 0 Å². The van der Waals surface area contributed by atoms with Crippen molar-refractivity contribution in [1.29, 1.82) is 0 Å². The third-order valence-corrected chi connectivity index (χ3v) is 4.55. The zero-order chi connectivity index (χ0) is 15.3. The summed E-state index contributed by atoms with van der Waals surface area (Å²) in [5.74, 6) is 0. The van der Waals surface area contributed by atoms with E-state index >= 15 is 0 Å². The summed E-state index contributed by atoms with van der Waals surface area (Å²) in [5, 5.41) is 13.7. The summed E-state index contributed by atoms with van der Waals surface area (Å²) in [7, 11) is 2.18. The van der Waals surface area contributed by atoms with E-state index in [1.165, 1.54) is 5.56 Å². The smallest absolute Gasteiger partial charge is 0.0797 e. The van der Waals surface area contributed by atoms with Gasteiger partial charge < -0.3 is 15.3 Å². The van der Waals surface area contributed by atoms with E-state index in [1.54, 1.807) is 0 Å². The Kier molecular flexibility index (Phi) is 5.76. The van der Waals surface area contributed by atoms with Gasteiger partial charge in [0.2, 0.25) is 0 Å². The minimum atomic E-state index is -0.375. The summed E-state index contributed by atoms with van der Waals surface area (Å²) < 4.78 is 0. The standard InChI is InChI=1S/C17H29N3O/c1-4-18-17(14-21,16-8-6-5-7-9-16)13-20-11-10-19(3)12-15(20)2/h5-9,15,18,21H,4,10-14H2,1-3H3. The first-order chi connectivity index (χ1) is 10.1. The third-order valence-electron chi connectivity index (χ3n) is 4.55. The fraction of sp³-hybridized carbons (Fsp3) is 0.647. The Hall–Kier alpha value is -0.940. The zero-order valence-electron chi connectivity index (χ0n) is 13.5. The summed E-state index contributed by atoms with van der Waals surface area (Å²) in [6.07, 6.45) is 0. The van der Waals surface area contributed by atoms with Crippen LogP contribution in [0.3, 0.4) is 0 Å². The van der Waals surface area contributed by atoms with Gasteiger partial charge in [0, 0.05) is 32.2 Å². The Balaban J connectivity index is 2.20. The van der Waals surface area contributed by atoms with E-state index in [1.807, 2.05) is 18.2 Å². The zero-order valence-corrected chi connectivity index (χ0v) is 13.5. The second-order valence-corrected chi connectivity index (χ2v) is 6.22. The Labute approximate surface area is 128 Å². The Morgan fingerprint density at radius 3 is 2.57 bits per heavy atom. The molecule has 1 aromatic rings. The molecule has 2 unspecified atom stereocenters. The van der Waals surface area contributed by atoms with Crippen LogP contribution in [0.25, 0.3) is 0 Å². The van der Waals surface area contributed by atoms with Crippen molar-refractivity contribution in [3.8, 4) is 0 Å². The summed E-state index contributed by atoms with van der Waals surface area (Å²) >= 11 is 0. The van der Waals surface area contributed by atoms with Crippen LogP contribution in [0.2, 0.25) is 0 Å².